The van der Waals surface area contributed by atoms with Crippen LogP contribution in [0.5, 0.6) is 0 Å². The molecule has 1 atom stereocenters. The summed E-state index contributed by atoms with van der Waals surface area (Å²) in [5, 5.41) is 8.55. The summed E-state index contributed by atoms with van der Waals surface area (Å²) in [4.78, 5) is 23.3. The molecule has 2 aliphatic rings. The Morgan fingerprint density at radius 3 is 2.09 bits per heavy atom. The number of carbonyl (C=O) groups excluding carboxylic acids is 2. The maximum absolute atomic E-state index is 11.8. The molecule has 2 fully saturated rings. The van der Waals surface area contributed by atoms with Crippen LogP contribution in [0, 0.1) is 11.5 Å². The van der Waals surface area contributed by atoms with Crippen molar-refractivity contribution in [1.29, 1.82) is 5.26 Å². The lowest BCUT2D eigenvalue weighted by Crippen LogP contribution is -2.29. The van der Waals surface area contributed by atoms with E-state index in [1.165, 1.54) is 4.31 Å². The van der Waals surface area contributed by atoms with Crippen LogP contribution in [0.15, 0.2) is 65.0 Å². The smallest absolute Gasteiger partial charge is 0.420 e. The van der Waals surface area contributed by atoms with Crippen molar-refractivity contribution in [2.75, 3.05) is 24.6 Å². The van der Waals surface area contributed by atoms with E-state index in [1.807, 2.05) is 60.7 Å². The summed E-state index contributed by atoms with van der Waals surface area (Å²) >= 11 is 1.54. The molecule has 4 rings (SSSR count). The van der Waals surface area contributed by atoms with E-state index in [4.69, 9.17) is 14.7 Å². The highest BCUT2D eigenvalue weighted by atomic mass is 32.2. The molecule has 0 aromatic heterocycles. The van der Waals surface area contributed by atoms with Gasteiger partial charge in [0.2, 0.25) is 6.19 Å². The Balaban J connectivity index is 0.000000189. The first-order chi connectivity index (χ1) is 16.2. The number of nitrogens with zero attached hydrogens (tertiary/aromatic N) is 4. The highest BCUT2D eigenvalue weighted by Crippen LogP contribution is 2.21. The maximum atomic E-state index is 11.8. The minimum absolute atomic E-state index is 0.221. The molecule has 2 aromatic rings. The van der Waals surface area contributed by atoms with Gasteiger partial charge in [-0.05, 0) is 35.9 Å². The van der Waals surface area contributed by atoms with Gasteiger partial charge in [0.25, 0.3) is 0 Å². The summed E-state index contributed by atoms with van der Waals surface area (Å²) in [7, 11) is -0.630. The topological polar surface area (TPSA) is 95.2 Å². The summed E-state index contributed by atoms with van der Waals surface area (Å²) in [5.41, 5.74) is 1.97. The average Bonchev–Trinajstić information content (AvgIpc) is 3.56. The Bertz CT molecular complexity index is 977. The molecule has 2 aromatic carbocycles. The van der Waals surface area contributed by atoms with Gasteiger partial charge in [-0.1, -0.05) is 60.7 Å². The largest absolute Gasteiger partial charge is 0.444 e. The molecular weight excluding hydrogens is 460 g/mol. The van der Waals surface area contributed by atoms with Gasteiger partial charge in [-0.2, -0.15) is 5.26 Å². The first-order valence-corrected chi connectivity index (χ1v) is 12.8. The predicted molar refractivity (Wildman–Crippen MR) is 129 cm³/mol. The molecule has 2 heterocycles. The second-order valence-electron chi connectivity index (χ2n) is 7.06. The zero-order valence-corrected chi connectivity index (χ0v) is 19.8. The number of amides is 2. The van der Waals surface area contributed by atoms with Gasteiger partial charge in [-0.15, -0.1) is 4.36 Å². The van der Waals surface area contributed by atoms with E-state index >= 15 is 0 Å². The minimum atomic E-state index is -0.630. The van der Waals surface area contributed by atoms with Crippen LogP contribution >= 0.6 is 11.9 Å². The van der Waals surface area contributed by atoms with Crippen molar-refractivity contribution in [2.45, 2.75) is 26.1 Å². The van der Waals surface area contributed by atoms with Crippen molar-refractivity contribution in [3.05, 3.63) is 71.8 Å². The van der Waals surface area contributed by atoms with Crippen molar-refractivity contribution in [3.8, 4) is 6.19 Å². The lowest BCUT2D eigenvalue weighted by atomic mass is 10.2. The quantitative estimate of drug-likeness (QED) is 0.450. The van der Waals surface area contributed by atoms with Gasteiger partial charge < -0.3 is 9.47 Å². The molecule has 0 spiro atoms. The maximum Gasteiger partial charge on any atom is 0.420 e. The molecule has 2 aliphatic heterocycles. The van der Waals surface area contributed by atoms with Gasteiger partial charge in [-0.3, -0.25) is 4.31 Å². The van der Waals surface area contributed by atoms with Crippen molar-refractivity contribution in [1.82, 2.24) is 8.61 Å². The minimum Gasteiger partial charge on any atom is -0.444 e. The van der Waals surface area contributed by atoms with Crippen molar-refractivity contribution < 1.29 is 19.1 Å². The third-order valence-electron chi connectivity index (χ3n) is 4.66. The SMILES string of the molecule is N#CN=S1CCCN1C(=O)OCc1ccccc1.O=C(OCc1ccccc1)N1CCCS1. The Morgan fingerprint density at radius 2 is 1.55 bits per heavy atom. The molecule has 0 bridgehead atoms. The molecule has 0 radical (unpaired) electrons. The summed E-state index contributed by atoms with van der Waals surface area (Å²) in [6, 6.07) is 19.2. The van der Waals surface area contributed by atoms with Crippen LogP contribution in [0.1, 0.15) is 24.0 Å². The van der Waals surface area contributed by atoms with E-state index in [1.54, 1.807) is 22.4 Å². The number of nitriles is 1. The van der Waals surface area contributed by atoms with Crippen LogP contribution < -0.4 is 0 Å². The van der Waals surface area contributed by atoms with E-state index in [0.717, 1.165) is 42.0 Å². The standard InChI is InChI=1S/C12H13N3O2S.C11H13NO2S/c13-10-14-18-8-4-7-15(18)12(16)17-9-11-5-2-1-3-6-11;13-11(12-7-4-8-15-12)14-9-10-5-2-1-3-6-10/h1-3,5-6H,4,7-9H2;1-3,5-6H,4,7-9H2. The van der Waals surface area contributed by atoms with Crippen molar-refractivity contribution >= 4 is 35.0 Å². The van der Waals surface area contributed by atoms with E-state index < -0.39 is 17.0 Å². The molecule has 2 amide bonds. The fourth-order valence-corrected chi connectivity index (χ4v) is 5.40. The van der Waals surface area contributed by atoms with Gasteiger partial charge in [0.05, 0.1) is 0 Å². The summed E-state index contributed by atoms with van der Waals surface area (Å²) in [6.07, 6.45) is 3.08. The van der Waals surface area contributed by atoms with Crippen LogP contribution in [-0.2, 0) is 33.6 Å². The molecule has 0 N–H and O–H groups in total. The summed E-state index contributed by atoms with van der Waals surface area (Å²) < 4.78 is 17.3. The van der Waals surface area contributed by atoms with E-state index in [0.29, 0.717) is 13.2 Å². The number of hydrogen-bond acceptors (Lipinski definition) is 7. The van der Waals surface area contributed by atoms with Crippen LogP contribution in [-0.4, -0.2) is 45.4 Å². The van der Waals surface area contributed by atoms with Gasteiger partial charge >= 0.3 is 12.2 Å². The highest BCUT2D eigenvalue weighted by Gasteiger charge is 2.25. The van der Waals surface area contributed by atoms with E-state index in [-0.39, 0.29) is 12.7 Å². The fraction of sp³-hybridized carbons (Fsp3) is 0.348. The zero-order valence-electron chi connectivity index (χ0n) is 18.2. The fourth-order valence-electron chi connectivity index (χ4n) is 3.05. The van der Waals surface area contributed by atoms with Crippen molar-refractivity contribution in [2.24, 2.45) is 4.36 Å². The summed E-state index contributed by atoms with van der Waals surface area (Å²) in [6.45, 7) is 2.02. The van der Waals surface area contributed by atoms with Gasteiger partial charge in [-0.25, -0.2) is 13.9 Å². The second-order valence-corrected chi connectivity index (χ2v) is 9.88. The second kappa shape index (κ2) is 13.5. The Hall–Kier alpha value is -3.03. The van der Waals surface area contributed by atoms with Crippen LogP contribution in [0.4, 0.5) is 9.59 Å². The normalized spacial score (nSPS) is 17.1. The Morgan fingerprint density at radius 1 is 0.939 bits per heavy atom. The molecular formula is C23H26N4O4S2. The zero-order chi connectivity index (χ0) is 23.3. The van der Waals surface area contributed by atoms with E-state index in [2.05, 4.69) is 4.36 Å². The Kier molecular flexibility index (Phi) is 10.1. The third kappa shape index (κ3) is 8.11. The van der Waals surface area contributed by atoms with Crippen LogP contribution in [0.2, 0.25) is 0 Å². The number of benzene rings is 2. The number of carbonyl (C=O) groups is 2. The number of rotatable bonds is 4. The molecule has 33 heavy (non-hydrogen) atoms. The third-order valence-corrected chi connectivity index (χ3v) is 7.56. The molecule has 174 valence electrons. The van der Waals surface area contributed by atoms with Gasteiger partial charge in [0.1, 0.15) is 13.2 Å². The lowest BCUT2D eigenvalue weighted by molar-refractivity contribution is 0.122. The van der Waals surface area contributed by atoms with Crippen molar-refractivity contribution in [3.63, 3.8) is 0 Å². The first-order valence-electron chi connectivity index (χ1n) is 10.6. The van der Waals surface area contributed by atoms with Crippen LogP contribution in [0.3, 0.4) is 0 Å². The lowest BCUT2D eigenvalue weighted by Gasteiger charge is -2.16. The van der Waals surface area contributed by atoms with Gasteiger partial charge in [0, 0.05) is 35.5 Å². The molecule has 10 heteroatoms. The number of hydrogen-bond donors (Lipinski definition) is 0. The predicted octanol–water partition coefficient (Wildman–Crippen LogP) is 4.90. The summed E-state index contributed by atoms with van der Waals surface area (Å²) in [5.74, 6) is 1.77. The Labute approximate surface area is 200 Å². The molecule has 0 saturated carbocycles. The molecule has 1 unspecified atom stereocenters. The highest BCUT2D eigenvalue weighted by molar-refractivity contribution is 7.97. The van der Waals surface area contributed by atoms with Gasteiger partial charge in [0.15, 0.2) is 0 Å². The molecule has 0 aliphatic carbocycles. The van der Waals surface area contributed by atoms with E-state index in [9.17, 15) is 9.59 Å². The monoisotopic (exact) mass is 486 g/mol. The van der Waals surface area contributed by atoms with Crippen LogP contribution in [0.25, 0.3) is 0 Å². The average molecular weight is 487 g/mol. The molecule has 2 saturated heterocycles. The number of ether oxygens (including phenoxy) is 2. The first kappa shape index (κ1) is 24.6. The molecule has 8 nitrogen and oxygen atoms in total.